The molecule has 2 aromatic rings. The summed E-state index contributed by atoms with van der Waals surface area (Å²) >= 11 is 11.5. The van der Waals surface area contributed by atoms with Gasteiger partial charge < -0.3 is 4.57 Å². The van der Waals surface area contributed by atoms with Crippen LogP contribution in [0.3, 0.4) is 0 Å². The van der Waals surface area contributed by atoms with Gasteiger partial charge in [-0.2, -0.15) is 11.8 Å². The lowest BCUT2D eigenvalue weighted by Crippen LogP contribution is -2.11. The molecule has 2 nitrogen and oxygen atoms in total. The molecule has 1 saturated carbocycles. The highest BCUT2D eigenvalue weighted by Crippen LogP contribution is 2.40. The van der Waals surface area contributed by atoms with Crippen molar-refractivity contribution in [3.63, 3.8) is 0 Å². The molecule has 1 heterocycles. The largest absolute Gasteiger partial charge is 0.323 e. The Morgan fingerprint density at radius 3 is 2.86 bits per heavy atom. The molecule has 0 N–H and O–H groups in total. The number of aromatic nitrogens is 2. The standard InChI is InChI=1S/C15H17BrClFN2S/c1-8(17)15-19-13-6-11(16)12(18)7-14(13)20(15)9-3-4-10(5-9)21-2/h6-10H,3-5H2,1-2H3. The number of hydrogen-bond donors (Lipinski definition) is 0. The smallest absolute Gasteiger partial charge is 0.139 e. The van der Waals surface area contributed by atoms with Crippen molar-refractivity contribution >= 4 is 50.3 Å². The van der Waals surface area contributed by atoms with Crippen molar-refractivity contribution in [2.75, 3.05) is 6.26 Å². The molecular weight excluding hydrogens is 375 g/mol. The maximum absolute atomic E-state index is 13.9. The van der Waals surface area contributed by atoms with Crippen LogP contribution in [0.5, 0.6) is 0 Å². The molecule has 1 aliphatic carbocycles. The van der Waals surface area contributed by atoms with E-state index >= 15 is 0 Å². The summed E-state index contributed by atoms with van der Waals surface area (Å²) in [6.45, 7) is 1.92. The van der Waals surface area contributed by atoms with Gasteiger partial charge in [0.05, 0.1) is 20.9 Å². The van der Waals surface area contributed by atoms with Crippen LogP contribution in [0.25, 0.3) is 11.0 Å². The van der Waals surface area contributed by atoms with Crippen LogP contribution in [0.4, 0.5) is 4.39 Å². The average Bonchev–Trinajstić information content (AvgIpc) is 3.03. The zero-order valence-corrected chi connectivity index (χ0v) is 15.1. The van der Waals surface area contributed by atoms with Gasteiger partial charge >= 0.3 is 0 Å². The van der Waals surface area contributed by atoms with Crippen molar-refractivity contribution in [3.05, 3.63) is 28.2 Å². The van der Waals surface area contributed by atoms with Gasteiger partial charge in [0.25, 0.3) is 0 Å². The number of imidazole rings is 1. The van der Waals surface area contributed by atoms with E-state index < -0.39 is 0 Å². The molecule has 0 saturated heterocycles. The molecule has 0 amide bonds. The van der Waals surface area contributed by atoms with Gasteiger partial charge in [0.15, 0.2) is 0 Å². The van der Waals surface area contributed by atoms with E-state index in [1.807, 2.05) is 18.7 Å². The molecule has 3 rings (SSSR count). The third-order valence-electron chi connectivity index (χ3n) is 4.17. The van der Waals surface area contributed by atoms with Gasteiger partial charge in [-0.1, -0.05) is 0 Å². The zero-order chi connectivity index (χ0) is 15.1. The quantitative estimate of drug-likeness (QED) is 0.625. The molecule has 0 aliphatic heterocycles. The lowest BCUT2D eigenvalue weighted by molar-refractivity contribution is 0.510. The number of rotatable bonds is 3. The van der Waals surface area contributed by atoms with Crippen molar-refractivity contribution in [2.24, 2.45) is 0 Å². The van der Waals surface area contributed by atoms with Crippen molar-refractivity contribution in [1.29, 1.82) is 0 Å². The summed E-state index contributed by atoms with van der Waals surface area (Å²) in [7, 11) is 0. The van der Waals surface area contributed by atoms with E-state index in [0.717, 1.165) is 29.7 Å². The predicted octanol–water partition coefficient (Wildman–Crippen LogP) is 5.69. The Hall–Kier alpha value is -0.260. The highest BCUT2D eigenvalue weighted by Gasteiger charge is 2.29. The number of thioether (sulfide) groups is 1. The summed E-state index contributed by atoms with van der Waals surface area (Å²) < 4.78 is 16.6. The highest BCUT2D eigenvalue weighted by molar-refractivity contribution is 9.10. The van der Waals surface area contributed by atoms with Crippen LogP contribution in [0, 0.1) is 5.82 Å². The van der Waals surface area contributed by atoms with Crippen LogP contribution in [0.15, 0.2) is 16.6 Å². The SMILES string of the molecule is CSC1CCC(n2c(C(C)Cl)nc3cc(Br)c(F)cc32)C1. The molecular formula is C15H17BrClFN2S. The minimum atomic E-state index is -0.253. The number of alkyl halides is 1. The molecule has 3 unspecified atom stereocenters. The Balaban J connectivity index is 2.14. The lowest BCUT2D eigenvalue weighted by Gasteiger charge is -2.18. The van der Waals surface area contributed by atoms with Crippen LogP contribution in [0.2, 0.25) is 0 Å². The fourth-order valence-corrected chi connectivity index (χ4v) is 4.41. The molecule has 0 spiro atoms. The maximum atomic E-state index is 13.9. The normalized spacial score (nSPS) is 23.9. The number of fused-ring (bicyclic) bond motifs is 1. The Morgan fingerprint density at radius 1 is 1.48 bits per heavy atom. The Kier molecular flexibility index (Phi) is 4.53. The number of nitrogens with zero attached hydrogens (tertiary/aromatic N) is 2. The minimum absolute atomic E-state index is 0.187. The van der Waals surface area contributed by atoms with Gasteiger partial charge in [-0.15, -0.1) is 11.6 Å². The summed E-state index contributed by atoms with van der Waals surface area (Å²) in [5, 5.41) is 0.485. The van der Waals surface area contributed by atoms with Crippen molar-refractivity contribution in [3.8, 4) is 0 Å². The molecule has 1 aromatic carbocycles. The second kappa shape index (κ2) is 6.09. The van der Waals surface area contributed by atoms with E-state index in [9.17, 15) is 4.39 Å². The molecule has 1 aliphatic rings. The van der Waals surface area contributed by atoms with E-state index in [-0.39, 0.29) is 11.2 Å². The topological polar surface area (TPSA) is 17.8 Å². The summed E-state index contributed by atoms with van der Waals surface area (Å²) in [6, 6.07) is 3.68. The molecule has 1 fully saturated rings. The van der Waals surface area contributed by atoms with Gasteiger partial charge in [0.2, 0.25) is 0 Å². The highest BCUT2D eigenvalue weighted by atomic mass is 79.9. The number of halogens is 3. The molecule has 0 bridgehead atoms. The van der Waals surface area contributed by atoms with Crippen LogP contribution in [-0.4, -0.2) is 21.1 Å². The van der Waals surface area contributed by atoms with Gasteiger partial charge in [-0.25, -0.2) is 9.37 Å². The Labute approximate surface area is 141 Å². The predicted molar refractivity (Wildman–Crippen MR) is 91.9 cm³/mol. The summed E-state index contributed by atoms with van der Waals surface area (Å²) in [4.78, 5) is 4.64. The van der Waals surface area contributed by atoms with Gasteiger partial charge in [0.1, 0.15) is 11.6 Å². The van der Waals surface area contributed by atoms with E-state index in [4.69, 9.17) is 11.6 Å². The van der Waals surface area contributed by atoms with E-state index in [2.05, 4.69) is 31.7 Å². The second-order valence-electron chi connectivity index (χ2n) is 5.54. The zero-order valence-electron chi connectivity index (χ0n) is 11.9. The Bertz CT molecular complexity index is 673. The Morgan fingerprint density at radius 2 is 2.24 bits per heavy atom. The first-order valence-corrected chi connectivity index (χ1v) is 9.56. The van der Waals surface area contributed by atoms with Gasteiger partial charge in [-0.05, 0) is 54.4 Å². The van der Waals surface area contributed by atoms with Crippen LogP contribution in [0.1, 0.15) is 43.4 Å². The van der Waals surface area contributed by atoms with E-state index in [1.54, 1.807) is 12.1 Å². The monoisotopic (exact) mass is 390 g/mol. The first-order valence-electron chi connectivity index (χ1n) is 7.05. The number of hydrogen-bond acceptors (Lipinski definition) is 2. The van der Waals surface area contributed by atoms with Crippen LogP contribution >= 0.6 is 39.3 Å². The molecule has 21 heavy (non-hydrogen) atoms. The van der Waals surface area contributed by atoms with Crippen LogP contribution < -0.4 is 0 Å². The van der Waals surface area contributed by atoms with Gasteiger partial charge in [-0.3, -0.25) is 0 Å². The fourth-order valence-electron chi connectivity index (χ4n) is 3.14. The molecule has 6 heteroatoms. The third-order valence-corrected chi connectivity index (χ3v) is 6.07. The first-order chi connectivity index (χ1) is 10.0. The fraction of sp³-hybridized carbons (Fsp3) is 0.533. The summed E-state index contributed by atoms with van der Waals surface area (Å²) in [5.74, 6) is 0.591. The second-order valence-corrected chi connectivity index (χ2v) is 8.18. The lowest BCUT2D eigenvalue weighted by atomic mass is 10.2. The first kappa shape index (κ1) is 15.6. The van der Waals surface area contributed by atoms with E-state index in [0.29, 0.717) is 15.8 Å². The van der Waals surface area contributed by atoms with Crippen molar-refractivity contribution in [2.45, 2.75) is 42.9 Å². The number of benzene rings is 1. The van der Waals surface area contributed by atoms with Crippen molar-refractivity contribution in [1.82, 2.24) is 9.55 Å². The minimum Gasteiger partial charge on any atom is -0.323 e. The molecule has 114 valence electrons. The molecule has 3 atom stereocenters. The third kappa shape index (κ3) is 2.84. The summed E-state index contributed by atoms with van der Waals surface area (Å²) in [6.07, 6.45) is 5.55. The summed E-state index contributed by atoms with van der Waals surface area (Å²) in [5.41, 5.74) is 1.66. The average molecular weight is 392 g/mol. The van der Waals surface area contributed by atoms with E-state index in [1.165, 1.54) is 6.42 Å². The van der Waals surface area contributed by atoms with Crippen molar-refractivity contribution < 1.29 is 4.39 Å². The molecule has 1 aromatic heterocycles. The maximum Gasteiger partial charge on any atom is 0.139 e. The molecule has 0 radical (unpaired) electrons. The van der Waals surface area contributed by atoms with Crippen LogP contribution in [-0.2, 0) is 0 Å². The van der Waals surface area contributed by atoms with Gasteiger partial charge in [0, 0.05) is 17.4 Å².